The van der Waals surface area contributed by atoms with Gasteiger partial charge in [0.2, 0.25) is 5.91 Å². The Morgan fingerprint density at radius 1 is 1.11 bits per heavy atom. The predicted molar refractivity (Wildman–Crippen MR) is 106 cm³/mol. The highest BCUT2D eigenvalue weighted by Crippen LogP contribution is 2.22. The monoisotopic (exact) mass is 361 g/mol. The first-order valence-corrected chi connectivity index (χ1v) is 8.35. The number of amides is 1. The Kier molecular flexibility index (Phi) is 5.47. The van der Waals surface area contributed by atoms with Crippen molar-refractivity contribution in [3.8, 4) is 5.75 Å². The number of aromatic nitrogens is 1. The number of nitrogens with one attached hydrogen (secondary N) is 1. The summed E-state index contributed by atoms with van der Waals surface area (Å²) >= 11 is 0. The Hall–Kier alpha value is -3.67. The molecule has 6 nitrogen and oxygen atoms in total. The molecule has 6 heteroatoms. The number of hydrogen-bond acceptors (Lipinski definition) is 4. The van der Waals surface area contributed by atoms with Crippen molar-refractivity contribution in [3.05, 3.63) is 71.9 Å². The summed E-state index contributed by atoms with van der Waals surface area (Å²) in [7, 11) is 1.57. The van der Waals surface area contributed by atoms with Crippen molar-refractivity contribution in [3.63, 3.8) is 0 Å². The van der Waals surface area contributed by atoms with E-state index in [0.717, 1.165) is 16.5 Å². The van der Waals surface area contributed by atoms with Gasteiger partial charge in [0.1, 0.15) is 5.75 Å². The summed E-state index contributed by atoms with van der Waals surface area (Å²) < 4.78 is 6.67. The minimum atomic E-state index is -0.310. The number of methoxy groups -OCH3 is 1. The van der Waals surface area contributed by atoms with E-state index in [1.54, 1.807) is 48.2 Å². The second-order valence-corrected chi connectivity index (χ2v) is 5.80. The van der Waals surface area contributed by atoms with Gasteiger partial charge in [0.15, 0.2) is 0 Å². The fraction of sp³-hybridized carbons (Fsp3) is 0.0952. The van der Waals surface area contributed by atoms with E-state index in [0.29, 0.717) is 11.3 Å². The van der Waals surface area contributed by atoms with E-state index < -0.39 is 0 Å². The summed E-state index contributed by atoms with van der Waals surface area (Å²) in [6.07, 6.45) is 6.82. The molecule has 1 aromatic heterocycles. The lowest BCUT2D eigenvalue weighted by Crippen LogP contribution is -2.17. The smallest absolute Gasteiger partial charge is 0.271 e. The van der Waals surface area contributed by atoms with E-state index in [4.69, 9.17) is 4.74 Å². The number of fused-ring (bicyclic) bond motifs is 1. The van der Waals surface area contributed by atoms with E-state index >= 15 is 0 Å². The third kappa shape index (κ3) is 4.12. The molecule has 0 spiro atoms. The molecule has 1 N–H and O–H groups in total. The van der Waals surface area contributed by atoms with Crippen molar-refractivity contribution in [1.29, 1.82) is 0 Å². The molecule has 0 fully saturated rings. The Bertz CT molecular complexity index is 1030. The van der Waals surface area contributed by atoms with Gasteiger partial charge in [-0.2, -0.15) is 5.10 Å². The first-order chi connectivity index (χ1) is 13.1. The molecule has 2 aromatic carbocycles. The van der Waals surface area contributed by atoms with Gasteiger partial charge in [-0.3, -0.25) is 14.2 Å². The molecule has 0 atom stereocenters. The Labute approximate surface area is 156 Å². The predicted octanol–water partition coefficient (Wildman–Crippen LogP) is 3.74. The highest BCUT2D eigenvalue weighted by molar-refractivity contribution is 5.98. The van der Waals surface area contributed by atoms with Crippen molar-refractivity contribution in [1.82, 2.24) is 9.99 Å². The summed E-state index contributed by atoms with van der Waals surface area (Å²) in [4.78, 5) is 23.8. The molecule has 1 amide bonds. The van der Waals surface area contributed by atoms with Crippen LogP contribution < -0.4 is 10.2 Å². The largest absolute Gasteiger partial charge is 0.497 e. The minimum Gasteiger partial charge on any atom is -0.497 e. The molecule has 0 aliphatic rings. The van der Waals surface area contributed by atoms with Crippen LogP contribution in [0.1, 0.15) is 27.6 Å². The maximum atomic E-state index is 12.0. The summed E-state index contributed by atoms with van der Waals surface area (Å²) in [6.45, 7) is 1.52. The van der Waals surface area contributed by atoms with E-state index in [2.05, 4.69) is 10.5 Å². The molecule has 0 aliphatic carbocycles. The van der Waals surface area contributed by atoms with Crippen molar-refractivity contribution in [2.24, 2.45) is 5.10 Å². The molecule has 0 bridgehead atoms. The second kappa shape index (κ2) is 8.14. The number of benzene rings is 2. The number of ether oxygens (including phenoxy) is 1. The Balaban J connectivity index is 1.67. The van der Waals surface area contributed by atoms with E-state index in [-0.39, 0.29) is 11.8 Å². The zero-order valence-electron chi connectivity index (χ0n) is 15.0. The lowest BCUT2D eigenvalue weighted by atomic mass is 10.1. The van der Waals surface area contributed by atoms with Crippen molar-refractivity contribution in [2.45, 2.75) is 6.92 Å². The number of hydrogen-bond donors (Lipinski definition) is 1. The van der Waals surface area contributed by atoms with E-state index in [1.807, 2.05) is 30.3 Å². The van der Waals surface area contributed by atoms with Gasteiger partial charge in [0.25, 0.3) is 5.91 Å². The van der Waals surface area contributed by atoms with Crippen LogP contribution >= 0.6 is 0 Å². The Morgan fingerprint density at radius 2 is 1.85 bits per heavy atom. The van der Waals surface area contributed by atoms with E-state index in [9.17, 15) is 9.59 Å². The normalized spacial score (nSPS) is 11.3. The van der Waals surface area contributed by atoms with Gasteiger partial charge in [-0.1, -0.05) is 24.3 Å². The molecule has 0 unspecified atom stereocenters. The molecule has 1 heterocycles. The van der Waals surface area contributed by atoms with Crippen LogP contribution in [-0.4, -0.2) is 29.7 Å². The van der Waals surface area contributed by atoms with Crippen LogP contribution in [0, 0.1) is 0 Å². The maximum absolute atomic E-state index is 12.0. The van der Waals surface area contributed by atoms with Gasteiger partial charge in [-0.15, -0.1) is 0 Å². The molecular formula is C21H19N3O3. The number of para-hydroxylation sites is 1. The lowest BCUT2D eigenvalue weighted by Gasteiger charge is -2.01. The third-order valence-corrected chi connectivity index (χ3v) is 4.04. The molecule has 136 valence electrons. The maximum Gasteiger partial charge on any atom is 0.271 e. The molecule has 0 saturated carbocycles. The van der Waals surface area contributed by atoms with Crippen LogP contribution in [0.5, 0.6) is 5.75 Å². The molecule has 0 radical (unpaired) electrons. The van der Waals surface area contributed by atoms with Gasteiger partial charge in [0.05, 0.1) is 12.6 Å². The Morgan fingerprint density at radius 3 is 2.56 bits per heavy atom. The number of rotatable bonds is 5. The minimum absolute atomic E-state index is 0.0497. The zero-order chi connectivity index (χ0) is 19.2. The van der Waals surface area contributed by atoms with Crippen LogP contribution in [0.15, 0.2) is 65.9 Å². The highest BCUT2D eigenvalue weighted by Gasteiger charge is 2.08. The van der Waals surface area contributed by atoms with Gasteiger partial charge < -0.3 is 4.74 Å². The molecule has 0 saturated heterocycles. The van der Waals surface area contributed by atoms with Gasteiger partial charge in [-0.05, 0) is 36.4 Å². The zero-order valence-corrected chi connectivity index (χ0v) is 15.0. The summed E-state index contributed by atoms with van der Waals surface area (Å²) in [5.74, 6) is 0.324. The second-order valence-electron chi connectivity index (χ2n) is 5.80. The number of carbonyl (C=O) groups is 2. The SMILES string of the molecule is COc1ccc(C(=O)N/N=C\C=C\c2cn(C(C)=O)c3ccccc23)cc1. The molecule has 3 rings (SSSR count). The quantitative estimate of drug-likeness (QED) is 0.556. The number of nitrogens with zero attached hydrogens (tertiary/aromatic N) is 2. The van der Waals surface area contributed by atoms with Gasteiger partial charge in [0, 0.05) is 35.8 Å². The fourth-order valence-electron chi connectivity index (χ4n) is 2.69. The first-order valence-electron chi connectivity index (χ1n) is 8.35. The summed E-state index contributed by atoms with van der Waals surface area (Å²) in [5.41, 5.74) is 4.70. The first kappa shape index (κ1) is 18.1. The molecule has 3 aromatic rings. The molecule has 27 heavy (non-hydrogen) atoms. The van der Waals surface area contributed by atoms with Crippen LogP contribution in [-0.2, 0) is 0 Å². The average molecular weight is 361 g/mol. The van der Waals surface area contributed by atoms with Crippen LogP contribution in [0.25, 0.3) is 17.0 Å². The average Bonchev–Trinajstić information content (AvgIpc) is 3.07. The van der Waals surface area contributed by atoms with Crippen molar-refractivity contribution in [2.75, 3.05) is 7.11 Å². The third-order valence-electron chi connectivity index (χ3n) is 4.04. The highest BCUT2D eigenvalue weighted by atomic mass is 16.5. The summed E-state index contributed by atoms with van der Waals surface area (Å²) in [5, 5.41) is 4.88. The number of allylic oxidation sites excluding steroid dienone is 1. The lowest BCUT2D eigenvalue weighted by molar-refractivity contribution is 0.0937. The molecular weight excluding hydrogens is 342 g/mol. The van der Waals surface area contributed by atoms with E-state index in [1.165, 1.54) is 13.1 Å². The molecule has 0 aliphatic heterocycles. The number of carbonyl (C=O) groups excluding carboxylic acids is 2. The standard InChI is InChI=1S/C21H19N3O3/c1-15(25)24-14-17(19-7-3-4-8-20(19)24)6-5-13-22-23-21(26)16-9-11-18(27-2)12-10-16/h3-14H,1-2H3,(H,23,26)/b6-5+,22-13-. The topological polar surface area (TPSA) is 72.7 Å². The van der Waals surface area contributed by atoms with Gasteiger partial charge >= 0.3 is 0 Å². The van der Waals surface area contributed by atoms with Crippen LogP contribution in [0.4, 0.5) is 0 Å². The van der Waals surface area contributed by atoms with Crippen LogP contribution in [0.2, 0.25) is 0 Å². The van der Waals surface area contributed by atoms with Crippen LogP contribution in [0.3, 0.4) is 0 Å². The number of hydrazone groups is 1. The van der Waals surface area contributed by atoms with Crippen molar-refractivity contribution < 1.29 is 14.3 Å². The van der Waals surface area contributed by atoms with Crippen molar-refractivity contribution >= 4 is 35.0 Å². The summed E-state index contributed by atoms with van der Waals surface area (Å²) in [6, 6.07) is 14.4. The fourth-order valence-corrected chi connectivity index (χ4v) is 2.69. The van der Waals surface area contributed by atoms with Gasteiger partial charge in [-0.25, -0.2) is 5.43 Å².